The van der Waals surface area contributed by atoms with E-state index in [4.69, 9.17) is 0 Å². The molecule has 0 radical (unpaired) electrons. The number of hydrogen-bond acceptors (Lipinski definition) is 6. The van der Waals surface area contributed by atoms with Gasteiger partial charge in [0.15, 0.2) is 15.5 Å². The molecule has 0 aliphatic carbocycles. The van der Waals surface area contributed by atoms with Gasteiger partial charge in [0, 0.05) is 11.1 Å². The van der Waals surface area contributed by atoms with Gasteiger partial charge in [-0.25, -0.2) is 8.42 Å². The first kappa shape index (κ1) is 21.5. The van der Waals surface area contributed by atoms with Crippen LogP contribution in [0.5, 0.6) is 0 Å². The Bertz CT molecular complexity index is 1370. The lowest BCUT2D eigenvalue weighted by molar-refractivity contribution is -0.141. The van der Waals surface area contributed by atoms with Crippen LogP contribution >= 0.6 is 22.7 Å². The van der Waals surface area contributed by atoms with Gasteiger partial charge >= 0.3 is 6.18 Å². The quantitative estimate of drug-likeness (QED) is 0.388. The highest BCUT2D eigenvalue weighted by Gasteiger charge is 2.36. The van der Waals surface area contributed by atoms with Crippen molar-refractivity contribution in [2.75, 3.05) is 6.26 Å². The van der Waals surface area contributed by atoms with Crippen molar-refractivity contribution in [1.82, 2.24) is 9.78 Å². The SMILES string of the molecule is CS(=O)(=O)c1cccc(-c2ccc(-c3cc(C(F)(F)F)nn3C(=O)c3cccs3)s2)c1. The molecule has 0 amide bonds. The first-order valence-corrected chi connectivity index (χ1v) is 12.3. The van der Waals surface area contributed by atoms with Crippen molar-refractivity contribution in [2.45, 2.75) is 11.1 Å². The predicted molar refractivity (Wildman–Crippen MR) is 113 cm³/mol. The van der Waals surface area contributed by atoms with E-state index in [9.17, 15) is 26.4 Å². The molecule has 4 rings (SSSR count). The van der Waals surface area contributed by atoms with Crippen molar-refractivity contribution in [1.29, 1.82) is 0 Å². The molecule has 0 saturated heterocycles. The molecule has 0 aliphatic rings. The molecule has 3 aromatic heterocycles. The number of thiophene rings is 2. The van der Waals surface area contributed by atoms with Gasteiger partial charge in [-0.15, -0.1) is 22.7 Å². The fourth-order valence-electron chi connectivity index (χ4n) is 2.87. The third kappa shape index (κ3) is 4.34. The average Bonchev–Trinajstić information content (AvgIpc) is 3.46. The zero-order chi connectivity index (χ0) is 22.4. The van der Waals surface area contributed by atoms with E-state index in [1.807, 2.05) is 0 Å². The van der Waals surface area contributed by atoms with Crippen LogP contribution in [0.2, 0.25) is 0 Å². The highest BCUT2D eigenvalue weighted by atomic mass is 32.2. The number of aromatic nitrogens is 2. The third-order valence-electron chi connectivity index (χ3n) is 4.33. The number of carbonyl (C=O) groups is 1. The lowest BCUT2D eigenvalue weighted by Gasteiger charge is -2.03. The Balaban J connectivity index is 1.80. The summed E-state index contributed by atoms with van der Waals surface area (Å²) in [6, 6.07) is 13.5. The smallest absolute Gasteiger partial charge is 0.266 e. The molecular formula is C20H13F3N2O3S3. The van der Waals surface area contributed by atoms with Crippen molar-refractivity contribution in [3.63, 3.8) is 0 Å². The van der Waals surface area contributed by atoms with E-state index in [2.05, 4.69) is 5.10 Å². The molecule has 31 heavy (non-hydrogen) atoms. The Morgan fingerprint density at radius 1 is 1.03 bits per heavy atom. The maximum absolute atomic E-state index is 13.3. The number of rotatable bonds is 4. The number of nitrogens with zero attached hydrogens (tertiary/aromatic N) is 2. The minimum Gasteiger partial charge on any atom is -0.266 e. The predicted octanol–water partition coefficient (Wildman–Crippen LogP) is 5.45. The molecule has 0 bridgehead atoms. The summed E-state index contributed by atoms with van der Waals surface area (Å²) in [6.07, 6.45) is -3.61. The summed E-state index contributed by atoms with van der Waals surface area (Å²) in [5, 5.41) is 5.17. The number of benzene rings is 1. The summed E-state index contributed by atoms with van der Waals surface area (Å²) in [4.78, 5) is 14.2. The van der Waals surface area contributed by atoms with Gasteiger partial charge in [-0.05, 0) is 47.3 Å². The summed E-state index contributed by atoms with van der Waals surface area (Å²) < 4.78 is 64.3. The second-order valence-electron chi connectivity index (χ2n) is 6.57. The van der Waals surface area contributed by atoms with Gasteiger partial charge < -0.3 is 0 Å². The summed E-state index contributed by atoms with van der Waals surface area (Å²) in [7, 11) is -3.41. The number of sulfone groups is 1. The van der Waals surface area contributed by atoms with Crippen LogP contribution in [0.15, 0.2) is 64.9 Å². The van der Waals surface area contributed by atoms with E-state index in [1.165, 1.54) is 18.2 Å². The van der Waals surface area contributed by atoms with Gasteiger partial charge in [0.05, 0.1) is 20.3 Å². The van der Waals surface area contributed by atoms with Crippen molar-refractivity contribution < 1.29 is 26.4 Å². The highest BCUT2D eigenvalue weighted by molar-refractivity contribution is 7.90. The average molecular weight is 483 g/mol. The second kappa shape index (κ2) is 7.74. The first-order valence-electron chi connectivity index (χ1n) is 8.70. The van der Waals surface area contributed by atoms with Crippen LogP contribution in [0.1, 0.15) is 15.4 Å². The van der Waals surface area contributed by atoms with Gasteiger partial charge in [0.25, 0.3) is 5.91 Å². The van der Waals surface area contributed by atoms with Crippen LogP contribution in [-0.4, -0.2) is 30.4 Å². The number of hydrogen-bond donors (Lipinski definition) is 0. The van der Waals surface area contributed by atoms with Crippen molar-refractivity contribution in [2.24, 2.45) is 0 Å². The van der Waals surface area contributed by atoms with Crippen LogP contribution in [0, 0.1) is 0 Å². The Labute approximate surface area is 183 Å². The van der Waals surface area contributed by atoms with Crippen molar-refractivity contribution >= 4 is 38.4 Å². The fraction of sp³-hybridized carbons (Fsp3) is 0.100. The van der Waals surface area contributed by atoms with Crippen molar-refractivity contribution in [3.05, 3.63) is 70.5 Å². The molecular weight excluding hydrogens is 469 g/mol. The topological polar surface area (TPSA) is 69.0 Å². The Morgan fingerprint density at radius 3 is 2.42 bits per heavy atom. The Hall–Kier alpha value is -2.76. The molecule has 0 atom stereocenters. The van der Waals surface area contributed by atoms with Crippen LogP contribution in [-0.2, 0) is 16.0 Å². The molecule has 11 heteroatoms. The van der Waals surface area contributed by atoms with Crippen LogP contribution in [0.4, 0.5) is 13.2 Å². The molecule has 0 unspecified atom stereocenters. The lowest BCUT2D eigenvalue weighted by atomic mass is 10.2. The van der Waals surface area contributed by atoms with E-state index >= 15 is 0 Å². The van der Waals surface area contributed by atoms with E-state index in [0.29, 0.717) is 15.3 Å². The van der Waals surface area contributed by atoms with Gasteiger partial charge in [-0.1, -0.05) is 18.2 Å². The molecule has 0 saturated carbocycles. The highest BCUT2D eigenvalue weighted by Crippen LogP contribution is 2.38. The maximum atomic E-state index is 13.3. The standard InChI is InChI=1S/C20H13F3N2O3S3/c1-31(27,28)13-5-2-4-12(10-13)15-7-8-16(30-15)14-11-18(20(21,22)23)24-25(14)19(26)17-6-3-9-29-17/h2-11H,1H3. The van der Waals surface area contributed by atoms with Crippen LogP contribution < -0.4 is 0 Å². The Morgan fingerprint density at radius 2 is 1.77 bits per heavy atom. The molecule has 1 aromatic carbocycles. The lowest BCUT2D eigenvalue weighted by Crippen LogP contribution is -2.15. The summed E-state index contributed by atoms with van der Waals surface area (Å²) in [5.41, 5.74) is -0.548. The molecule has 0 aliphatic heterocycles. The molecule has 0 fully saturated rings. The third-order valence-corrected chi connectivity index (χ3v) is 7.45. The van der Waals surface area contributed by atoms with Gasteiger partial charge in [-0.2, -0.15) is 23.0 Å². The summed E-state index contributed by atoms with van der Waals surface area (Å²) in [5.74, 6) is -0.658. The van der Waals surface area contributed by atoms with E-state index in [-0.39, 0.29) is 15.5 Å². The zero-order valence-electron chi connectivity index (χ0n) is 15.8. The normalized spacial score (nSPS) is 12.3. The van der Waals surface area contributed by atoms with Crippen LogP contribution in [0.3, 0.4) is 0 Å². The monoisotopic (exact) mass is 482 g/mol. The zero-order valence-corrected chi connectivity index (χ0v) is 18.2. The Kier molecular flexibility index (Phi) is 5.36. The van der Waals surface area contributed by atoms with Gasteiger partial charge in [0.2, 0.25) is 0 Å². The van der Waals surface area contributed by atoms with Crippen molar-refractivity contribution in [3.8, 4) is 21.0 Å². The fourth-order valence-corrected chi connectivity index (χ4v) is 5.18. The first-order chi connectivity index (χ1) is 14.5. The molecule has 5 nitrogen and oxygen atoms in total. The maximum Gasteiger partial charge on any atom is 0.435 e. The molecule has 4 aromatic rings. The minimum absolute atomic E-state index is 0.0150. The number of alkyl halides is 3. The summed E-state index contributed by atoms with van der Waals surface area (Å²) >= 11 is 2.25. The van der Waals surface area contributed by atoms with E-state index in [1.54, 1.807) is 35.7 Å². The van der Waals surface area contributed by atoms with E-state index < -0.39 is 27.6 Å². The molecule has 0 N–H and O–H groups in total. The van der Waals surface area contributed by atoms with Gasteiger partial charge in [0.1, 0.15) is 0 Å². The number of halogens is 3. The van der Waals surface area contributed by atoms with Crippen LogP contribution in [0.25, 0.3) is 21.0 Å². The van der Waals surface area contributed by atoms with Gasteiger partial charge in [-0.3, -0.25) is 4.79 Å². The molecule has 3 heterocycles. The minimum atomic E-state index is -4.71. The second-order valence-corrected chi connectivity index (χ2v) is 10.6. The number of carbonyl (C=O) groups excluding carboxylic acids is 1. The van der Waals surface area contributed by atoms with E-state index in [0.717, 1.165) is 39.7 Å². The largest absolute Gasteiger partial charge is 0.435 e. The molecule has 0 spiro atoms. The molecule has 160 valence electrons. The summed E-state index contributed by atoms with van der Waals surface area (Å²) in [6.45, 7) is 0.